The first-order valence-electron chi connectivity index (χ1n) is 4.89. The monoisotopic (exact) mass is 238 g/mol. The standard InChI is InChI=1S/C13H10N4O/c1-9(7-16-10(2)5-14)12-4-11(6-15)13(18-3)17-8-12/h4,7-8H,1-2H2,3H3. The lowest BCUT2D eigenvalue weighted by Crippen LogP contribution is -1.94. The first kappa shape index (κ1) is 13.1. The van der Waals surface area contributed by atoms with E-state index in [2.05, 4.69) is 23.1 Å². The first-order chi connectivity index (χ1) is 8.62. The van der Waals surface area contributed by atoms with E-state index in [4.69, 9.17) is 15.3 Å². The molecule has 5 heteroatoms. The third-order valence-electron chi connectivity index (χ3n) is 2.04. The van der Waals surface area contributed by atoms with Crippen molar-refractivity contribution in [3.8, 4) is 18.0 Å². The van der Waals surface area contributed by atoms with E-state index in [0.717, 1.165) is 0 Å². The van der Waals surface area contributed by atoms with Gasteiger partial charge in [0, 0.05) is 18.0 Å². The Balaban J connectivity index is 3.02. The Hall–Kier alpha value is -2.92. The minimum absolute atomic E-state index is 0.0816. The van der Waals surface area contributed by atoms with Gasteiger partial charge >= 0.3 is 0 Å². The lowest BCUT2D eigenvalue weighted by Gasteiger charge is -2.04. The lowest BCUT2D eigenvalue weighted by molar-refractivity contribution is 0.396. The summed E-state index contributed by atoms with van der Waals surface area (Å²) in [5.41, 5.74) is 1.54. The van der Waals surface area contributed by atoms with Crippen LogP contribution in [0.15, 0.2) is 36.1 Å². The van der Waals surface area contributed by atoms with Gasteiger partial charge in [-0.2, -0.15) is 10.5 Å². The van der Waals surface area contributed by atoms with Crippen LogP contribution in [0.4, 0.5) is 0 Å². The number of hydrogen-bond donors (Lipinski definition) is 0. The van der Waals surface area contributed by atoms with Crippen LogP contribution >= 0.6 is 0 Å². The van der Waals surface area contributed by atoms with Gasteiger partial charge in [-0.3, -0.25) is 0 Å². The molecular weight excluding hydrogens is 228 g/mol. The zero-order chi connectivity index (χ0) is 13.5. The summed E-state index contributed by atoms with van der Waals surface area (Å²) in [5, 5.41) is 17.4. The largest absolute Gasteiger partial charge is 0.480 e. The van der Waals surface area contributed by atoms with Crippen molar-refractivity contribution in [3.05, 3.63) is 42.2 Å². The molecule has 0 aliphatic heterocycles. The van der Waals surface area contributed by atoms with Gasteiger partial charge in [0.05, 0.1) is 7.11 Å². The number of nitriles is 2. The topological polar surface area (TPSA) is 82.1 Å². The maximum absolute atomic E-state index is 8.92. The van der Waals surface area contributed by atoms with Crippen LogP contribution in [0.25, 0.3) is 5.57 Å². The normalized spacial score (nSPS) is 9.50. The maximum atomic E-state index is 8.92. The van der Waals surface area contributed by atoms with Crippen molar-refractivity contribution in [2.75, 3.05) is 7.11 Å². The molecule has 0 bridgehead atoms. The molecule has 0 atom stereocenters. The second-order valence-electron chi connectivity index (χ2n) is 3.23. The molecule has 0 aliphatic rings. The number of aromatic nitrogens is 1. The molecule has 5 nitrogen and oxygen atoms in total. The molecule has 0 N–H and O–H groups in total. The van der Waals surface area contributed by atoms with Crippen LogP contribution in [0.2, 0.25) is 0 Å². The molecule has 0 amide bonds. The zero-order valence-electron chi connectivity index (χ0n) is 9.84. The average molecular weight is 238 g/mol. The summed E-state index contributed by atoms with van der Waals surface area (Å²) in [4.78, 5) is 7.78. The molecule has 18 heavy (non-hydrogen) atoms. The van der Waals surface area contributed by atoms with E-state index in [0.29, 0.717) is 16.7 Å². The number of hydrogen-bond acceptors (Lipinski definition) is 5. The number of rotatable bonds is 4. The summed E-state index contributed by atoms with van der Waals surface area (Å²) >= 11 is 0. The number of aliphatic imine (C=N–C) groups is 1. The van der Waals surface area contributed by atoms with Crippen molar-refractivity contribution >= 4 is 11.8 Å². The highest BCUT2D eigenvalue weighted by molar-refractivity contribution is 6.09. The highest BCUT2D eigenvalue weighted by Crippen LogP contribution is 2.18. The van der Waals surface area contributed by atoms with E-state index in [1.165, 1.54) is 19.5 Å². The van der Waals surface area contributed by atoms with Crippen molar-refractivity contribution in [1.82, 2.24) is 4.98 Å². The van der Waals surface area contributed by atoms with Crippen molar-refractivity contribution in [3.63, 3.8) is 0 Å². The molecule has 0 saturated carbocycles. The van der Waals surface area contributed by atoms with Gasteiger partial charge in [0.25, 0.3) is 0 Å². The maximum Gasteiger partial charge on any atom is 0.231 e. The Kier molecular flexibility index (Phi) is 4.36. The van der Waals surface area contributed by atoms with Crippen LogP contribution in [0.5, 0.6) is 5.88 Å². The quantitative estimate of drug-likeness (QED) is 0.594. The fourth-order valence-corrected chi connectivity index (χ4v) is 1.13. The van der Waals surface area contributed by atoms with Crippen molar-refractivity contribution in [1.29, 1.82) is 10.5 Å². The molecule has 0 radical (unpaired) electrons. The molecule has 0 aliphatic carbocycles. The summed E-state index contributed by atoms with van der Waals surface area (Å²) in [5.74, 6) is 0.257. The van der Waals surface area contributed by atoms with Gasteiger partial charge in [-0.05, 0) is 11.6 Å². The lowest BCUT2D eigenvalue weighted by atomic mass is 10.1. The summed E-state index contributed by atoms with van der Waals surface area (Å²) in [6, 6.07) is 5.36. The second-order valence-corrected chi connectivity index (χ2v) is 3.23. The number of methoxy groups -OCH3 is 1. The van der Waals surface area contributed by atoms with Gasteiger partial charge in [0.15, 0.2) is 0 Å². The summed E-state index contributed by atoms with van der Waals surface area (Å²) in [6.45, 7) is 7.18. The minimum atomic E-state index is 0.0816. The van der Waals surface area contributed by atoms with Crippen LogP contribution in [0, 0.1) is 22.7 Å². The molecule has 0 fully saturated rings. The van der Waals surface area contributed by atoms with Crippen LogP contribution in [-0.2, 0) is 0 Å². The fourth-order valence-electron chi connectivity index (χ4n) is 1.13. The van der Waals surface area contributed by atoms with E-state index >= 15 is 0 Å². The Bertz CT molecular complexity index is 602. The predicted molar refractivity (Wildman–Crippen MR) is 67.8 cm³/mol. The van der Waals surface area contributed by atoms with Crippen molar-refractivity contribution in [2.24, 2.45) is 4.99 Å². The second kappa shape index (κ2) is 5.97. The fraction of sp³-hybridized carbons (Fsp3) is 0.0769. The molecule has 1 heterocycles. The van der Waals surface area contributed by atoms with E-state index in [1.54, 1.807) is 12.1 Å². The molecular formula is C13H10N4O. The molecule has 0 saturated heterocycles. The molecule has 1 aromatic rings. The van der Waals surface area contributed by atoms with Crippen LogP contribution in [-0.4, -0.2) is 18.3 Å². The number of pyridine rings is 1. The van der Waals surface area contributed by atoms with Crippen LogP contribution in [0.3, 0.4) is 0 Å². The van der Waals surface area contributed by atoms with Crippen LogP contribution < -0.4 is 4.74 Å². The molecule has 0 unspecified atom stereocenters. The smallest absolute Gasteiger partial charge is 0.231 e. The third kappa shape index (κ3) is 3.03. The third-order valence-corrected chi connectivity index (χ3v) is 2.04. The minimum Gasteiger partial charge on any atom is -0.480 e. The van der Waals surface area contributed by atoms with E-state index in [9.17, 15) is 0 Å². The molecule has 0 spiro atoms. The highest BCUT2D eigenvalue weighted by atomic mass is 16.5. The number of allylic oxidation sites excluding steroid dienone is 2. The molecule has 0 aromatic carbocycles. The summed E-state index contributed by atoms with van der Waals surface area (Å²) in [7, 11) is 1.44. The van der Waals surface area contributed by atoms with E-state index < -0.39 is 0 Å². The van der Waals surface area contributed by atoms with Gasteiger partial charge < -0.3 is 4.74 Å². The van der Waals surface area contributed by atoms with Gasteiger partial charge in [-0.15, -0.1) is 0 Å². The highest BCUT2D eigenvalue weighted by Gasteiger charge is 2.06. The van der Waals surface area contributed by atoms with Gasteiger partial charge in [0.1, 0.15) is 23.4 Å². The van der Waals surface area contributed by atoms with Gasteiger partial charge in [-0.25, -0.2) is 9.98 Å². The Labute approximate surface area is 105 Å². The van der Waals surface area contributed by atoms with Gasteiger partial charge in [0.2, 0.25) is 5.88 Å². The predicted octanol–water partition coefficient (Wildman–Crippen LogP) is 2.08. The van der Waals surface area contributed by atoms with Gasteiger partial charge in [-0.1, -0.05) is 13.2 Å². The summed E-state index contributed by atoms with van der Waals surface area (Å²) < 4.78 is 4.93. The SMILES string of the molecule is C=C(C#N)N=CC(=C)c1cnc(OC)c(C#N)c1. The van der Waals surface area contributed by atoms with Crippen molar-refractivity contribution < 1.29 is 4.74 Å². The summed E-state index contributed by atoms with van der Waals surface area (Å²) in [6.07, 6.45) is 2.92. The molecule has 1 rings (SSSR count). The Morgan fingerprint density at radius 2 is 2.22 bits per heavy atom. The number of nitrogens with zero attached hydrogens (tertiary/aromatic N) is 4. The Morgan fingerprint density at radius 3 is 2.78 bits per heavy atom. The van der Waals surface area contributed by atoms with Crippen molar-refractivity contribution in [2.45, 2.75) is 0 Å². The molecule has 88 valence electrons. The zero-order valence-corrected chi connectivity index (χ0v) is 9.84. The average Bonchev–Trinajstić information content (AvgIpc) is 2.43. The van der Waals surface area contributed by atoms with Crippen LogP contribution in [0.1, 0.15) is 11.1 Å². The number of ether oxygens (including phenoxy) is 1. The molecule has 1 aromatic heterocycles. The first-order valence-corrected chi connectivity index (χ1v) is 4.89. The Morgan fingerprint density at radius 1 is 1.50 bits per heavy atom. The van der Waals surface area contributed by atoms with E-state index in [-0.39, 0.29) is 11.6 Å². The van der Waals surface area contributed by atoms with E-state index in [1.807, 2.05) is 6.07 Å².